The monoisotopic (exact) mass is 328 g/mol. The average molecular weight is 328 g/mol. The Balaban J connectivity index is 2.32. The molecule has 0 saturated carbocycles. The fourth-order valence-electron chi connectivity index (χ4n) is 2.06. The summed E-state index contributed by atoms with van der Waals surface area (Å²) in [5.41, 5.74) is 0. The third-order valence-electron chi connectivity index (χ3n) is 3.31. The van der Waals surface area contributed by atoms with Crippen molar-refractivity contribution in [2.75, 3.05) is 33.4 Å². The van der Waals surface area contributed by atoms with Crippen LogP contribution in [0.1, 0.15) is 13.3 Å². The van der Waals surface area contributed by atoms with Crippen molar-refractivity contribution in [3.05, 3.63) is 18.2 Å². The second-order valence-electron chi connectivity index (χ2n) is 4.76. The van der Waals surface area contributed by atoms with Crippen LogP contribution in [0.25, 0.3) is 0 Å². The predicted octanol–water partition coefficient (Wildman–Crippen LogP) is 0.604. The molecule has 1 heterocycles. The molecule has 0 saturated heterocycles. The molecule has 0 atom stereocenters. The number of amides is 1. The number of carbonyl (C=O) groups excluding carboxylic acids is 1. The lowest BCUT2D eigenvalue weighted by atomic mass is 10.3. The number of sulfonamides is 1. The summed E-state index contributed by atoms with van der Waals surface area (Å²) < 4.78 is 37.4. The van der Waals surface area contributed by atoms with Crippen LogP contribution in [0.4, 0.5) is 0 Å². The summed E-state index contributed by atoms with van der Waals surface area (Å²) >= 11 is 0. The fourth-order valence-corrected chi connectivity index (χ4v) is 3.48. The van der Waals surface area contributed by atoms with Gasteiger partial charge in [0.05, 0.1) is 24.7 Å². The number of nitrogens with one attached hydrogen (secondary N) is 1. The smallest absolute Gasteiger partial charge is 0.243 e. The molecule has 0 unspecified atom stereocenters. The number of fused-ring (bicyclic) bond motifs is 1. The van der Waals surface area contributed by atoms with Crippen LogP contribution < -0.4 is 14.8 Å². The normalized spacial score (nSPS) is 14.5. The molecule has 8 heteroatoms. The van der Waals surface area contributed by atoms with Crippen LogP contribution in [0.3, 0.4) is 0 Å². The Bertz CT molecular complexity index is 645. The topological polar surface area (TPSA) is 84.9 Å². The summed E-state index contributed by atoms with van der Waals surface area (Å²) in [4.78, 5) is 11.6. The minimum absolute atomic E-state index is 0.0857. The van der Waals surface area contributed by atoms with E-state index in [1.165, 1.54) is 19.2 Å². The SMILES string of the molecule is CCN(CC(=O)NC)S(=O)(=O)c1ccc2c(c1)OCCCO2. The number of likely N-dealkylation sites (N-methyl/N-ethyl adjacent to an activating group) is 2. The van der Waals surface area contributed by atoms with E-state index < -0.39 is 10.0 Å². The summed E-state index contributed by atoms with van der Waals surface area (Å²) in [7, 11) is -2.30. The largest absolute Gasteiger partial charge is 0.490 e. The van der Waals surface area contributed by atoms with Gasteiger partial charge < -0.3 is 14.8 Å². The van der Waals surface area contributed by atoms with Gasteiger partial charge in [-0.1, -0.05) is 6.92 Å². The van der Waals surface area contributed by atoms with E-state index in [2.05, 4.69) is 5.32 Å². The molecule has 0 radical (unpaired) electrons. The van der Waals surface area contributed by atoms with Crippen molar-refractivity contribution in [2.24, 2.45) is 0 Å². The van der Waals surface area contributed by atoms with Gasteiger partial charge in [-0.15, -0.1) is 0 Å². The molecular formula is C14H20N2O5S. The number of carbonyl (C=O) groups is 1. The molecule has 0 aliphatic carbocycles. The number of ether oxygens (including phenoxy) is 2. The minimum atomic E-state index is -3.76. The lowest BCUT2D eigenvalue weighted by molar-refractivity contribution is -0.120. The molecule has 0 bridgehead atoms. The Kier molecular flexibility index (Phi) is 5.25. The standard InChI is InChI=1S/C14H20N2O5S/c1-3-16(10-14(17)15-2)22(18,19)11-5-6-12-13(9-11)21-8-4-7-20-12/h5-6,9H,3-4,7-8,10H2,1-2H3,(H,15,17). The lowest BCUT2D eigenvalue weighted by Gasteiger charge is -2.20. The van der Waals surface area contributed by atoms with Crippen molar-refractivity contribution >= 4 is 15.9 Å². The van der Waals surface area contributed by atoms with E-state index in [1.54, 1.807) is 13.0 Å². The number of hydrogen-bond donors (Lipinski definition) is 1. The maximum atomic E-state index is 12.6. The van der Waals surface area contributed by atoms with Gasteiger partial charge in [-0.05, 0) is 12.1 Å². The summed E-state index contributed by atoms with van der Waals surface area (Å²) in [5.74, 6) is 0.583. The van der Waals surface area contributed by atoms with Gasteiger partial charge in [0.1, 0.15) is 0 Å². The molecule has 1 amide bonds. The molecule has 7 nitrogen and oxygen atoms in total. The molecule has 122 valence electrons. The summed E-state index contributed by atoms with van der Waals surface area (Å²) in [6, 6.07) is 4.50. The summed E-state index contributed by atoms with van der Waals surface area (Å²) in [5, 5.41) is 2.42. The maximum Gasteiger partial charge on any atom is 0.243 e. The van der Waals surface area contributed by atoms with Crippen LogP contribution in [0.15, 0.2) is 23.1 Å². The summed E-state index contributed by atoms with van der Waals surface area (Å²) in [6.45, 7) is 2.68. The van der Waals surface area contributed by atoms with Gasteiger partial charge >= 0.3 is 0 Å². The highest BCUT2D eigenvalue weighted by Gasteiger charge is 2.26. The number of nitrogens with zero attached hydrogens (tertiary/aromatic N) is 1. The second-order valence-corrected chi connectivity index (χ2v) is 6.70. The first-order valence-electron chi connectivity index (χ1n) is 7.09. The Hall–Kier alpha value is -1.80. The van der Waals surface area contributed by atoms with Crippen LogP contribution in [0, 0.1) is 0 Å². The Morgan fingerprint density at radius 2 is 1.95 bits per heavy atom. The summed E-state index contributed by atoms with van der Waals surface area (Å²) in [6.07, 6.45) is 0.745. The van der Waals surface area contributed by atoms with Gasteiger partial charge in [0, 0.05) is 26.1 Å². The first-order valence-corrected chi connectivity index (χ1v) is 8.53. The molecule has 1 aromatic rings. The van der Waals surface area contributed by atoms with E-state index in [1.807, 2.05) is 0 Å². The van der Waals surface area contributed by atoms with Gasteiger partial charge in [0.15, 0.2) is 11.5 Å². The van der Waals surface area contributed by atoms with Crippen LogP contribution in [0.5, 0.6) is 11.5 Å². The molecule has 1 aliphatic heterocycles. The van der Waals surface area contributed by atoms with Crippen LogP contribution in [-0.2, 0) is 14.8 Å². The zero-order chi connectivity index (χ0) is 16.2. The Morgan fingerprint density at radius 1 is 1.27 bits per heavy atom. The molecule has 1 N–H and O–H groups in total. The molecule has 22 heavy (non-hydrogen) atoms. The van der Waals surface area contributed by atoms with E-state index in [-0.39, 0.29) is 23.9 Å². The number of rotatable bonds is 5. The maximum absolute atomic E-state index is 12.6. The van der Waals surface area contributed by atoms with Crippen molar-refractivity contribution in [1.29, 1.82) is 0 Å². The Labute approximate surface area is 130 Å². The van der Waals surface area contributed by atoms with E-state index in [4.69, 9.17) is 9.47 Å². The number of benzene rings is 1. The minimum Gasteiger partial charge on any atom is -0.490 e. The Morgan fingerprint density at radius 3 is 2.59 bits per heavy atom. The zero-order valence-corrected chi connectivity index (χ0v) is 13.5. The third kappa shape index (κ3) is 3.50. The van der Waals surface area contributed by atoms with E-state index in [0.29, 0.717) is 24.7 Å². The average Bonchev–Trinajstić information content (AvgIpc) is 2.76. The molecule has 2 rings (SSSR count). The quantitative estimate of drug-likeness (QED) is 0.856. The fraction of sp³-hybridized carbons (Fsp3) is 0.500. The van der Waals surface area contributed by atoms with E-state index in [9.17, 15) is 13.2 Å². The first-order chi connectivity index (χ1) is 10.5. The number of hydrogen-bond acceptors (Lipinski definition) is 5. The van der Waals surface area contributed by atoms with Gasteiger partial charge in [-0.25, -0.2) is 8.42 Å². The third-order valence-corrected chi connectivity index (χ3v) is 5.23. The zero-order valence-electron chi connectivity index (χ0n) is 12.7. The van der Waals surface area contributed by atoms with Crippen molar-refractivity contribution in [3.63, 3.8) is 0 Å². The van der Waals surface area contributed by atoms with Gasteiger partial charge in [0.2, 0.25) is 15.9 Å². The highest BCUT2D eigenvalue weighted by molar-refractivity contribution is 7.89. The van der Waals surface area contributed by atoms with E-state index >= 15 is 0 Å². The van der Waals surface area contributed by atoms with Crippen molar-refractivity contribution in [1.82, 2.24) is 9.62 Å². The molecule has 1 aromatic carbocycles. The van der Waals surface area contributed by atoms with Crippen molar-refractivity contribution in [2.45, 2.75) is 18.2 Å². The van der Waals surface area contributed by atoms with Crippen molar-refractivity contribution in [3.8, 4) is 11.5 Å². The van der Waals surface area contributed by atoms with Crippen LogP contribution >= 0.6 is 0 Å². The first kappa shape index (κ1) is 16.6. The molecule has 1 aliphatic rings. The van der Waals surface area contributed by atoms with E-state index in [0.717, 1.165) is 10.7 Å². The van der Waals surface area contributed by atoms with Crippen LogP contribution in [-0.4, -0.2) is 52.0 Å². The predicted molar refractivity (Wildman–Crippen MR) is 80.5 cm³/mol. The van der Waals surface area contributed by atoms with Crippen molar-refractivity contribution < 1.29 is 22.7 Å². The molecule has 0 aromatic heterocycles. The lowest BCUT2D eigenvalue weighted by Crippen LogP contribution is -2.39. The molecule has 0 fully saturated rings. The van der Waals surface area contributed by atoms with Crippen LogP contribution in [0.2, 0.25) is 0 Å². The highest BCUT2D eigenvalue weighted by atomic mass is 32.2. The van der Waals surface area contributed by atoms with Gasteiger partial charge in [0.25, 0.3) is 0 Å². The van der Waals surface area contributed by atoms with Gasteiger partial charge in [-0.3, -0.25) is 4.79 Å². The van der Waals surface area contributed by atoms with Gasteiger partial charge in [-0.2, -0.15) is 4.31 Å². The molecule has 0 spiro atoms. The molecular weight excluding hydrogens is 308 g/mol. The highest BCUT2D eigenvalue weighted by Crippen LogP contribution is 2.32. The second kappa shape index (κ2) is 6.97.